The second-order valence-corrected chi connectivity index (χ2v) is 14.2. The molecule has 0 atom stereocenters. The van der Waals surface area contributed by atoms with E-state index in [1.54, 1.807) is 0 Å². The molecule has 26 heavy (non-hydrogen) atoms. The maximum atomic E-state index is 6.08. The van der Waals surface area contributed by atoms with Crippen molar-refractivity contribution in [1.29, 1.82) is 0 Å². The largest absolute Gasteiger partial charge is 0.440 e. The molecule has 3 heteroatoms. The number of nitrogens with zero attached hydrogens (tertiary/aromatic N) is 1. The van der Waals surface area contributed by atoms with Gasteiger partial charge in [-0.15, -0.1) is 5.54 Å². The van der Waals surface area contributed by atoms with Gasteiger partial charge in [0.15, 0.2) is 0 Å². The van der Waals surface area contributed by atoms with Gasteiger partial charge in [0.05, 0.1) is 0 Å². The summed E-state index contributed by atoms with van der Waals surface area (Å²) in [6.45, 7) is 18.2. The lowest BCUT2D eigenvalue weighted by Crippen LogP contribution is -2.43. The van der Waals surface area contributed by atoms with Crippen LogP contribution in [0.3, 0.4) is 0 Å². The first-order valence-corrected chi connectivity index (χ1v) is 11.9. The number of allylic oxidation sites excluding steroid dienone is 1. The highest BCUT2D eigenvalue weighted by atomic mass is 28.3. The fraction of sp³-hybridized carbons (Fsp3) is 0.522. The molecule has 1 aromatic rings. The predicted molar refractivity (Wildman–Crippen MR) is 115 cm³/mol. The van der Waals surface area contributed by atoms with E-state index < -0.39 is 8.07 Å². The van der Waals surface area contributed by atoms with Gasteiger partial charge in [0.1, 0.15) is 19.4 Å². The SMILES string of the molecule is CC(C)[Si](C#C/C=C1/OC(c2ccccc2)=NC1(C)C)(C(C)C)C(C)C. The number of aliphatic imine (C=N–C) groups is 1. The molecule has 0 saturated carbocycles. The average Bonchev–Trinajstić information content (AvgIpc) is 2.86. The summed E-state index contributed by atoms with van der Waals surface area (Å²) in [4.78, 5) is 4.76. The molecule has 140 valence electrons. The van der Waals surface area contributed by atoms with E-state index in [2.05, 4.69) is 66.9 Å². The van der Waals surface area contributed by atoms with Crippen molar-refractivity contribution in [2.45, 2.75) is 77.6 Å². The van der Waals surface area contributed by atoms with Gasteiger partial charge >= 0.3 is 0 Å². The summed E-state index contributed by atoms with van der Waals surface area (Å²) >= 11 is 0. The van der Waals surface area contributed by atoms with Crippen LogP contribution in [0.1, 0.15) is 61.0 Å². The van der Waals surface area contributed by atoms with Crippen LogP contribution >= 0.6 is 0 Å². The van der Waals surface area contributed by atoms with Crippen LogP contribution in [0.2, 0.25) is 16.6 Å². The minimum absolute atomic E-state index is 0.377. The molecule has 2 nitrogen and oxygen atoms in total. The summed E-state index contributed by atoms with van der Waals surface area (Å²) < 4.78 is 6.08. The van der Waals surface area contributed by atoms with Crippen molar-refractivity contribution >= 4 is 14.0 Å². The van der Waals surface area contributed by atoms with Crippen molar-refractivity contribution in [3.63, 3.8) is 0 Å². The molecule has 0 radical (unpaired) electrons. The number of rotatable bonds is 4. The van der Waals surface area contributed by atoms with Gasteiger partial charge in [0.25, 0.3) is 0 Å². The minimum atomic E-state index is -1.73. The average molecular weight is 368 g/mol. The molecule has 0 aliphatic carbocycles. The first-order valence-electron chi connectivity index (χ1n) is 9.67. The molecule has 0 fully saturated rings. The molecular formula is C23H33NOSi. The Kier molecular flexibility index (Phi) is 6.19. The van der Waals surface area contributed by atoms with Crippen molar-refractivity contribution in [2.75, 3.05) is 0 Å². The Morgan fingerprint density at radius 1 is 0.962 bits per heavy atom. The van der Waals surface area contributed by atoms with Crippen LogP contribution in [-0.4, -0.2) is 19.5 Å². The molecule has 1 aromatic carbocycles. The van der Waals surface area contributed by atoms with E-state index in [9.17, 15) is 0 Å². The Bertz CT molecular complexity index is 724. The molecule has 1 aliphatic rings. The number of benzene rings is 1. The van der Waals surface area contributed by atoms with Crippen LogP contribution in [0.25, 0.3) is 0 Å². The topological polar surface area (TPSA) is 21.6 Å². The monoisotopic (exact) mass is 367 g/mol. The van der Waals surface area contributed by atoms with E-state index in [0.717, 1.165) is 11.3 Å². The Hall–Kier alpha value is -1.79. The first kappa shape index (κ1) is 20.5. The second-order valence-electron chi connectivity index (χ2n) is 8.62. The molecule has 0 aromatic heterocycles. The Morgan fingerprint density at radius 2 is 1.50 bits per heavy atom. The fourth-order valence-corrected chi connectivity index (χ4v) is 9.32. The zero-order chi connectivity index (χ0) is 19.5. The Morgan fingerprint density at radius 3 is 2.00 bits per heavy atom. The Balaban J connectivity index is 2.33. The molecule has 0 amide bonds. The molecule has 1 heterocycles. The summed E-state index contributed by atoms with van der Waals surface area (Å²) in [6, 6.07) is 10.1. The van der Waals surface area contributed by atoms with Gasteiger partial charge < -0.3 is 4.74 Å². The summed E-state index contributed by atoms with van der Waals surface area (Å²) in [5, 5.41) is 0. The minimum Gasteiger partial charge on any atom is -0.440 e. The highest BCUT2D eigenvalue weighted by Gasteiger charge is 2.41. The second kappa shape index (κ2) is 7.84. The van der Waals surface area contributed by atoms with Gasteiger partial charge in [-0.2, -0.15) is 0 Å². The lowest BCUT2D eigenvalue weighted by atomic mass is 10.0. The molecule has 0 N–H and O–H groups in total. The first-order chi connectivity index (χ1) is 12.1. The van der Waals surface area contributed by atoms with Gasteiger partial charge in [-0.1, -0.05) is 65.7 Å². The van der Waals surface area contributed by atoms with E-state index >= 15 is 0 Å². The summed E-state index contributed by atoms with van der Waals surface area (Å²) in [7, 11) is -1.73. The van der Waals surface area contributed by atoms with Crippen molar-refractivity contribution in [3.05, 3.63) is 47.7 Å². The van der Waals surface area contributed by atoms with E-state index in [1.807, 2.05) is 36.4 Å². The van der Waals surface area contributed by atoms with Crippen LogP contribution in [0.4, 0.5) is 0 Å². The molecular weight excluding hydrogens is 334 g/mol. The van der Waals surface area contributed by atoms with Gasteiger partial charge in [-0.3, -0.25) is 0 Å². The normalized spacial score (nSPS) is 18.1. The van der Waals surface area contributed by atoms with E-state index in [1.165, 1.54) is 0 Å². The van der Waals surface area contributed by atoms with Gasteiger partial charge in [0.2, 0.25) is 5.90 Å². The fourth-order valence-electron chi connectivity index (χ4n) is 4.13. The van der Waals surface area contributed by atoms with Crippen LogP contribution in [0.5, 0.6) is 0 Å². The van der Waals surface area contributed by atoms with Crippen LogP contribution in [-0.2, 0) is 4.74 Å². The number of hydrogen-bond donors (Lipinski definition) is 0. The van der Waals surface area contributed by atoms with Gasteiger partial charge in [0, 0.05) is 11.6 Å². The zero-order valence-corrected chi connectivity index (χ0v) is 18.6. The lowest BCUT2D eigenvalue weighted by Gasteiger charge is -2.38. The maximum absolute atomic E-state index is 6.08. The predicted octanol–water partition coefficient (Wildman–Crippen LogP) is 6.35. The standard InChI is InChI=1S/C23H33NOSi/c1-17(2)26(18(3)4,19(5)6)16-12-15-21-23(7,8)24-22(25-21)20-13-10-9-11-14-20/h9-11,13-15,17-19H,1-8H3/b21-15+. The van der Waals surface area contributed by atoms with Crippen molar-refractivity contribution in [1.82, 2.24) is 0 Å². The smallest absolute Gasteiger partial charge is 0.222 e. The lowest BCUT2D eigenvalue weighted by molar-refractivity contribution is 0.382. The third-order valence-corrected chi connectivity index (χ3v) is 11.9. The number of ether oxygens (including phenoxy) is 1. The Labute approximate surface area is 160 Å². The highest BCUT2D eigenvalue weighted by Crippen LogP contribution is 2.40. The van der Waals surface area contributed by atoms with Gasteiger partial charge in [-0.05, 0) is 42.6 Å². The van der Waals surface area contributed by atoms with Crippen molar-refractivity contribution in [3.8, 4) is 11.5 Å². The molecule has 0 unspecified atom stereocenters. The summed E-state index contributed by atoms with van der Waals surface area (Å²) in [5.41, 5.74) is 6.24. The molecule has 0 spiro atoms. The maximum Gasteiger partial charge on any atom is 0.222 e. The van der Waals surface area contributed by atoms with Crippen molar-refractivity contribution in [2.24, 2.45) is 4.99 Å². The molecule has 0 bridgehead atoms. The third-order valence-electron chi connectivity index (χ3n) is 5.57. The van der Waals surface area contributed by atoms with E-state index in [-0.39, 0.29) is 5.54 Å². The zero-order valence-electron chi connectivity index (χ0n) is 17.6. The van der Waals surface area contributed by atoms with E-state index in [0.29, 0.717) is 22.5 Å². The van der Waals surface area contributed by atoms with Crippen LogP contribution in [0.15, 0.2) is 47.2 Å². The molecule has 0 saturated heterocycles. The highest BCUT2D eigenvalue weighted by molar-refractivity contribution is 6.90. The molecule has 1 aliphatic heterocycles. The molecule has 2 rings (SSSR count). The van der Waals surface area contributed by atoms with E-state index in [4.69, 9.17) is 9.73 Å². The van der Waals surface area contributed by atoms with Crippen molar-refractivity contribution < 1.29 is 4.74 Å². The van der Waals surface area contributed by atoms with Crippen LogP contribution in [0, 0.1) is 11.5 Å². The summed E-state index contributed by atoms with van der Waals surface area (Å²) in [6.07, 6.45) is 1.95. The van der Waals surface area contributed by atoms with Gasteiger partial charge in [-0.25, -0.2) is 4.99 Å². The van der Waals surface area contributed by atoms with Crippen LogP contribution < -0.4 is 0 Å². The number of hydrogen-bond acceptors (Lipinski definition) is 2. The summed E-state index contributed by atoms with van der Waals surface area (Å²) in [5.74, 6) is 4.91. The third kappa shape index (κ3) is 3.96. The quantitative estimate of drug-likeness (QED) is 0.449.